The van der Waals surface area contributed by atoms with Gasteiger partial charge in [0.05, 0.1) is 23.5 Å². The highest BCUT2D eigenvalue weighted by molar-refractivity contribution is 5.95. The Morgan fingerprint density at radius 1 is 1.50 bits per heavy atom. The Morgan fingerprint density at radius 2 is 2.39 bits per heavy atom. The number of amides is 1. The van der Waals surface area contributed by atoms with Crippen molar-refractivity contribution < 1.29 is 9.53 Å². The second kappa shape index (κ2) is 4.42. The van der Waals surface area contributed by atoms with E-state index in [-0.39, 0.29) is 18.1 Å². The number of ether oxygens (including phenoxy) is 1. The van der Waals surface area contributed by atoms with Crippen LogP contribution < -0.4 is 5.32 Å². The highest BCUT2D eigenvalue weighted by Crippen LogP contribution is 2.21. The lowest BCUT2D eigenvalue weighted by Gasteiger charge is -2.11. The summed E-state index contributed by atoms with van der Waals surface area (Å²) in [5.41, 5.74) is 2.56. The second-order valence-corrected chi connectivity index (χ2v) is 4.64. The van der Waals surface area contributed by atoms with Gasteiger partial charge < -0.3 is 15.0 Å². The Hall–Kier alpha value is -1.88. The van der Waals surface area contributed by atoms with Crippen LogP contribution in [0.15, 0.2) is 24.5 Å². The Kier molecular flexibility index (Phi) is 2.76. The van der Waals surface area contributed by atoms with Crippen molar-refractivity contribution in [3.8, 4) is 0 Å². The molecule has 94 valence electrons. The molecular formula is C13H15N3O2. The molecule has 1 saturated heterocycles. The molecule has 1 fully saturated rings. The average molecular weight is 245 g/mol. The number of hydrogen-bond acceptors (Lipinski definition) is 3. The Morgan fingerprint density at radius 3 is 3.17 bits per heavy atom. The second-order valence-electron chi connectivity index (χ2n) is 4.64. The molecule has 0 spiro atoms. The predicted molar refractivity (Wildman–Crippen MR) is 68.3 cm³/mol. The number of nitrogens with one attached hydrogen (secondary N) is 2. The first-order valence-corrected chi connectivity index (χ1v) is 6.12. The molecule has 1 aromatic heterocycles. The fourth-order valence-corrected chi connectivity index (χ4v) is 2.23. The van der Waals surface area contributed by atoms with Crippen LogP contribution in [0.2, 0.25) is 0 Å². The third-order valence-electron chi connectivity index (χ3n) is 3.21. The minimum Gasteiger partial charge on any atom is -0.365 e. The molecule has 0 saturated carbocycles. The Labute approximate surface area is 105 Å². The van der Waals surface area contributed by atoms with Crippen LogP contribution >= 0.6 is 0 Å². The summed E-state index contributed by atoms with van der Waals surface area (Å²) in [4.78, 5) is 19.1. The molecule has 1 amide bonds. The number of aromatic amines is 1. The maximum Gasteiger partial charge on any atom is 0.253 e. The van der Waals surface area contributed by atoms with E-state index >= 15 is 0 Å². The van der Waals surface area contributed by atoms with Gasteiger partial charge in [0.15, 0.2) is 0 Å². The van der Waals surface area contributed by atoms with Crippen LogP contribution in [0.4, 0.5) is 5.69 Å². The van der Waals surface area contributed by atoms with Gasteiger partial charge in [-0.25, -0.2) is 4.98 Å². The molecule has 2 aromatic rings. The number of aromatic nitrogens is 2. The van der Waals surface area contributed by atoms with Gasteiger partial charge in [-0.3, -0.25) is 4.79 Å². The number of hydrogen-bond donors (Lipinski definition) is 2. The monoisotopic (exact) mass is 245 g/mol. The fourth-order valence-electron chi connectivity index (χ4n) is 2.23. The predicted octanol–water partition coefficient (Wildman–Crippen LogP) is 2.07. The van der Waals surface area contributed by atoms with E-state index in [9.17, 15) is 4.79 Å². The number of anilines is 1. The number of H-pyrrole nitrogens is 1. The van der Waals surface area contributed by atoms with Crippen LogP contribution in [0.1, 0.15) is 19.8 Å². The van der Waals surface area contributed by atoms with E-state index in [1.165, 1.54) is 0 Å². The first kappa shape index (κ1) is 11.2. The van der Waals surface area contributed by atoms with Crippen LogP contribution in [0.25, 0.3) is 11.0 Å². The quantitative estimate of drug-likeness (QED) is 0.851. The van der Waals surface area contributed by atoms with E-state index in [1.54, 1.807) is 6.33 Å². The highest BCUT2D eigenvalue weighted by Gasteiger charge is 2.28. The molecule has 1 aliphatic rings. The standard InChI is InChI=1S/C13H15N3O2/c1-8-2-5-12(18-8)13(17)16-9-3-4-10-11(6-9)15-7-14-10/h3-4,6-8,12H,2,5H2,1H3,(H,14,15)(H,16,17). The summed E-state index contributed by atoms with van der Waals surface area (Å²) in [6, 6.07) is 5.59. The lowest BCUT2D eigenvalue weighted by Crippen LogP contribution is -2.27. The average Bonchev–Trinajstić information content (AvgIpc) is 2.96. The van der Waals surface area contributed by atoms with Crippen molar-refractivity contribution in [2.24, 2.45) is 0 Å². The minimum absolute atomic E-state index is 0.0711. The molecule has 2 N–H and O–H groups in total. The topological polar surface area (TPSA) is 67.0 Å². The Balaban J connectivity index is 1.73. The first-order chi connectivity index (χ1) is 8.72. The number of imidazole rings is 1. The highest BCUT2D eigenvalue weighted by atomic mass is 16.5. The SMILES string of the molecule is CC1CCC(C(=O)Nc2ccc3nc[nH]c3c2)O1. The number of rotatable bonds is 2. The first-order valence-electron chi connectivity index (χ1n) is 6.12. The lowest BCUT2D eigenvalue weighted by molar-refractivity contribution is -0.126. The third-order valence-corrected chi connectivity index (χ3v) is 3.21. The third kappa shape index (κ3) is 2.09. The maximum atomic E-state index is 12.0. The van der Waals surface area contributed by atoms with E-state index in [4.69, 9.17) is 4.74 Å². The van der Waals surface area contributed by atoms with Gasteiger partial charge in [-0.2, -0.15) is 0 Å². The number of benzene rings is 1. The van der Waals surface area contributed by atoms with E-state index in [0.717, 1.165) is 29.6 Å². The molecule has 3 rings (SSSR count). The Bertz CT molecular complexity index is 578. The van der Waals surface area contributed by atoms with Gasteiger partial charge in [-0.15, -0.1) is 0 Å². The van der Waals surface area contributed by atoms with Crippen molar-refractivity contribution in [3.63, 3.8) is 0 Å². The molecule has 0 aliphatic carbocycles. The van der Waals surface area contributed by atoms with Crippen molar-refractivity contribution in [1.29, 1.82) is 0 Å². The molecule has 1 aliphatic heterocycles. The number of fused-ring (bicyclic) bond motifs is 1. The van der Waals surface area contributed by atoms with Crippen LogP contribution in [0.3, 0.4) is 0 Å². The molecule has 0 bridgehead atoms. The molecule has 2 unspecified atom stereocenters. The summed E-state index contributed by atoms with van der Waals surface area (Å²) in [5.74, 6) is -0.0711. The molecule has 18 heavy (non-hydrogen) atoms. The van der Waals surface area contributed by atoms with Gasteiger partial charge in [0.1, 0.15) is 6.10 Å². The van der Waals surface area contributed by atoms with Gasteiger partial charge in [0.2, 0.25) is 0 Å². The zero-order chi connectivity index (χ0) is 12.5. The minimum atomic E-state index is -0.322. The zero-order valence-electron chi connectivity index (χ0n) is 10.1. The zero-order valence-corrected chi connectivity index (χ0v) is 10.1. The van der Waals surface area contributed by atoms with Crippen LogP contribution in [0.5, 0.6) is 0 Å². The maximum absolute atomic E-state index is 12.0. The molecule has 0 radical (unpaired) electrons. The van der Waals surface area contributed by atoms with E-state index in [0.29, 0.717) is 0 Å². The molecular weight excluding hydrogens is 230 g/mol. The molecule has 1 aromatic carbocycles. The fraction of sp³-hybridized carbons (Fsp3) is 0.385. The van der Waals surface area contributed by atoms with Gasteiger partial charge >= 0.3 is 0 Å². The summed E-state index contributed by atoms with van der Waals surface area (Å²) in [5, 5.41) is 2.87. The van der Waals surface area contributed by atoms with Gasteiger partial charge in [0.25, 0.3) is 5.91 Å². The van der Waals surface area contributed by atoms with Crippen LogP contribution in [0, 0.1) is 0 Å². The molecule has 5 heteroatoms. The summed E-state index contributed by atoms with van der Waals surface area (Å²) in [6.07, 6.45) is 3.22. The van der Waals surface area contributed by atoms with Gasteiger partial charge in [-0.1, -0.05) is 0 Å². The van der Waals surface area contributed by atoms with Crippen LogP contribution in [-0.2, 0) is 9.53 Å². The number of nitrogens with zero attached hydrogens (tertiary/aromatic N) is 1. The van der Waals surface area contributed by atoms with E-state index in [2.05, 4.69) is 15.3 Å². The molecule has 5 nitrogen and oxygen atoms in total. The van der Waals surface area contributed by atoms with E-state index < -0.39 is 0 Å². The summed E-state index contributed by atoms with van der Waals surface area (Å²) in [6.45, 7) is 1.99. The van der Waals surface area contributed by atoms with Gasteiger partial charge in [-0.05, 0) is 38.0 Å². The van der Waals surface area contributed by atoms with Crippen LogP contribution in [-0.4, -0.2) is 28.1 Å². The summed E-state index contributed by atoms with van der Waals surface area (Å²) < 4.78 is 5.54. The largest absolute Gasteiger partial charge is 0.365 e. The van der Waals surface area contributed by atoms with Crippen molar-refractivity contribution in [3.05, 3.63) is 24.5 Å². The number of carbonyl (C=O) groups is 1. The normalized spacial score (nSPS) is 23.4. The van der Waals surface area contributed by atoms with Crippen molar-refractivity contribution in [2.45, 2.75) is 32.0 Å². The summed E-state index contributed by atoms with van der Waals surface area (Å²) >= 11 is 0. The molecule has 2 heterocycles. The van der Waals surface area contributed by atoms with Gasteiger partial charge in [0, 0.05) is 5.69 Å². The molecule has 2 atom stereocenters. The van der Waals surface area contributed by atoms with Crippen molar-refractivity contribution in [2.75, 3.05) is 5.32 Å². The number of carbonyl (C=O) groups excluding carboxylic acids is 1. The van der Waals surface area contributed by atoms with Crippen molar-refractivity contribution >= 4 is 22.6 Å². The lowest BCUT2D eigenvalue weighted by atomic mass is 10.2. The van der Waals surface area contributed by atoms with E-state index in [1.807, 2.05) is 25.1 Å². The smallest absolute Gasteiger partial charge is 0.253 e. The van der Waals surface area contributed by atoms with Crippen molar-refractivity contribution in [1.82, 2.24) is 9.97 Å². The summed E-state index contributed by atoms with van der Waals surface area (Å²) in [7, 11) is 0.